The summed E-state index contributed by atoms with van der Waals surface area (Å²) in [6.07, 6.45) is -3.46. The molecular weight excluding hydrogens is 305 g/mol. The first kappa shape index (κ1) is 16.7. The molecule has 0 spiro atoms. The minimum atomic E-state index is -4.31. The molecule has 0 aliphatic carbocycles. The van der Waals surface area contributed by atoms with Crippen molar-refractivity contribution in [3.05, 3.63) is 35.4 Å². The SMILES string of the molecule is CC1(CN2CCOC(c3cccc(C(F)(F)F)c3)C2)CCNC1. The van der Waals surface area contributed by atoms with Crippen LogP contribution in [0.5, 0.6) is 0 Å². The maximum Gasteiger partial charge on any atom is 0.416 e. The second-order valence-corrected chi connectivity index (χ2v) is 6.96. The van der Waals surface area contributed by atoms with Gasteiger partial charge < -0.3 is 10.1 Å². The average molecular weight is 328 g/mol. The van der Waals surface area contributed by atoms with E-state index in [-0.39, 0.29) is 11.5 Å². The lowest BCUT2D eigenvalue weighted by atomic mass is 9.89. The highest BCUT2D eigenvalue weighted by molar-refractivity contribution is 5.27. The molecule has 3 rings (SSSR count). The fourth-order valence-corrected chi connectivity index (χ4v) is 3.51. The summed E-state index contributed by atoms with van der Waals surface area (Å²) in [4.78, 5) is 2.32. The maximum absolute atomic E-state index is 12.9. The lowest BCUT2D eigenvalue weighted by Gasteiger charge is -2.38. The molecule has 2 heterocycles. The van der Waals surface area contributed by atoms with Gasteiger partial charge in [-0.15, -0.1) is 0 Å². The van der Waals surface area contributed by atoms with E-state index in [1.165, 1.54) is 12.1 Å². The van der Waals surface area contributed by atoms with Crippen LogP contribution in [0.3, 0.4) is 0 Å². The molecular formula is C17H23F3N2O. The number of nitrogens with one attached hydrogen (secondary N) is 1. The molecule has 2 aliphatic rings. The number of alkyl halides is 3. The summed E-state index contributed by atoms with van der Waals surface area (Å²) in [6, 6.07) is 5.51. The van der Waals surface area contributed by atoms with E-state index in [9.17, 15) is 13.2 Å². The minimum Gasteiger partial charge on any atom is -0.371 e. The number of ether oxygens (including phenoxy) is 1. The van der Waals surface area contributed by atoms with Crippen LogP contribution < -0.4 is 5.32 Å². The van der Waals surface area contributed by atoms with Crippen LogP contribution >= 0.6 is 0 Å². The van der Waals surface area contributed by atoms with Crippen molar-refractivity contribution in [2.24, 2.45) is 5.41 Å². The van der Waals surface area contributed by atoms with Crippen LogP contribution in [-0.2, 0) is 10.9 Å². The number of morpholine rings is 1. The van der Waals surface area contributed by atoms with Crippen molar-refractivity contribution in [2.75, 3.05) is 39.3 Å². The van der Waals surface area contributed by atoms with Crippen molar-refractivity contribution in [3.8, 4) is 0 Å². The smallest absolute Gasteiger partial charge is 0.371 e. The van der Waals surface area contributed by atoms with Gasteiger partial charge in [0.1, 0.15) is 0 Å². The Morgan fingerprint density at radius 2 is 2.22 bits per heavy atom. The summed E-state index contributed by atoms with van der Waals surface area (Å²) in [5, 5.41) is 3.39. The van der Waals surface area contributed by atoms with Crippen molar-refractivity contribution < 1.29 is 17.9 Å². The van der Waals surface area contributed by atoms with Gasteiger partial charge in [-0.05, 0) is 36.1 Å². The van der Waals surface area contributed by atoms with Crippen LogP contribution in [-0.4, -0.2) is 44.2 Å². The highest BCUT2D eigenvalue weighted by atomic mass is 19.4. The average Bonchev–Trinajstić information content (AvgIpc) is 2.93. The summed E-state index contributed by atoms with van der Waals surface area (Å²) in [5.41, 5.74) is 0.248. The van der Waals surface area contributed by atoms with E-state index in [4.69, 9.17) is 4.74 Å². The van der Waals surface area contributed by atoms with E-state index in [0.29, 0.717) is 18.7 Å². The first-order chi connectivity index (χ1) is 10.9. The number of nitrogens with zero attached hydrogens (tertiary/aromatic N) is 1. The van der Waals surface area contributed by atoms with E-state index in [1.54, 1.807) is 6.07 Å². The molecule has 1 aromatic carbocycles. The normalized spacial score (nSPS) is 29.8. The topological polar surface area (TPSA) is 24.5 Å². The van der Waals surface area contributed by atoms with E-state index >= 15 is 0 Å². The van der Waals surface area contributed by atoms with Crippen LogP contribution in [0.15, 0.2) is 24.3 Å². The van der Waals surface area contributed by atoms with Crippen molar-refractivity contribution in [2.45, 2.75) is 25.6 Å². The molecule has 2 unspecified atom stereocenters. The minimum absolute atomic E-state index is 0.246. The molecule has 0 saturated carbocycles. The second-order valence-electron chi connectivity index (χ2n) is 6.96. The molecule has 0 bridgehead atoms. The molecule has 1 N–H and O–H groups in total. The van der Waals surface area contributed by atoms with Crippen LogP contribution in [0.25, 0.3) is 0 Å². The van der Waals surface area contributed by atoms with Crippen LogP contribution in [0.1, 0.15) is 30.6 Å². The van der Waals surface area contributed by atoms with Gasteiger partial charge in [0.05, 0.1) is 18.3 Å². The molecule has 2 atom stereocenters. The Morgan fingerprint density at radius 3 is 2.91 bits per heavy atom. The molecule has 6 heteroatoms. The van der Waals surface area contributed by atoms with Crippen LogP contribution in [0.2, 0.25) is 0 Å². The third kappa shape index (κ3) is 4.05. The van der Waals surface area contributed by atoms with E-state index < -0.39 is 11.7 Å². The maximum atomic E-state index is 12.9. The predicted octanol–water partition coefficient (Wildman–Crippen LogP) is 3.08. The Kier molecular flexibility index (Phi) is 4.67. The lowest BCUT2D eigenvalue weighted by molar-refractivity contribution is -0.137. The number of rotatable bonds is 3. The van der Waals surface area contributed by atoms with E-state index in [1.807, 2.05) is 0 Å². The Labute approximate surface area is 134 Å². The Bertz CT molecular complexity index is 541. The molecule has 23 heavy (non-hydrogen) atoms. The summed E-state index contributed by atoms with van der Waals surface area (Å²) >= 11 is 0. The molecule has 3 nitrogen and oxygen atoms in total. The molecule has 0 amide bonds. The monoisotopic (exact) mass is 328 g/mol. The predicted molar refractivity (Wildman–Crippen MR) is 82.2 cm³/mol. The van der Waals surface area contributed by atoms with Crippen molar-refractivity contribution in [1.82, 2.24) is 10.2 Å². The van der Waals surface area contributed by atoms with Gasteiger partial charge in [-0.1, -0.05) is 19.1 Å². The highest BCUT2D eigenvalue weighted by Crippen LogP contribution is 2.33. The highest BCUT2D eigenvalue weighted by Gasteiger charge is 2.34. The van der Waals surface area contributed by atoms with Gasteiger partial charge in [-0.3, -0.25) is 4.90 Å². The summed E-state index contributed by atoms with van der Waals surface area (Å²) in [5.74, 6) is 0. The van der Waals surface area contributed by atoms with Gasteiger partial charge in [-0.25, -0.2) is 0 Å². The number of halogens is 3. The third-order valence-electron chi connectivity index (χ3n) is 4.80. The zero-order valence-corrected chi connectivity index (χ0v) is 13.3. The third-order valence-corrected chi connectivity index (χ3v) is 4.80. The molecule has 1 aromatic rings. The van der Waals surface area contributed by atoms with Gasteiger partial charge in [0.2, 0.25) is 0 Å². The number of hydrogen-bond acceptors (Lipinski definition) is 3. The quantitative estimate of drug-likeness (QED) is 0.923. The second kappa shape index (κ2) is 6.42. The summed E-state index contributed by atoms with van der Waals surface area (Å²) in [6.45, 7) is 7.31. The molecule has 2 aliphatic heterocycles. The fraction of sp³-hybridized carbons (Fsp3) is 0.647. The van der Waals surface area contributed by atoms with E-state index in [0.717, 1.165) is 38.7 Å². The number of benzene rings is 1. The van der Waals surface area contributed by atoms with Crippen molar-refractivity contribution in [3.63, 3.8) is 0 Å². The van der Waals surface area contributed by atoms with Gasteiger partial charge in [0, 0.05) is 26.2 Å². The van der Waals surface area contributed by atoms with Crippen molar-refractivity contribution in [1.29, 1.82) is 0 Å². The van der Waals surface area contributed by atoms with Crippen LogP contribution in [0.4, 0.5) is 13.2 Å². The molecule has 2 fully saturated rings. The molecule has 2 saturated heterocycles. The zero-order valence-electron chi connectivity index (χ0n) is 13.3. The molecule has 0 radical (unpaired) electrons. The Hall–Kier alpha value is -1.11. The van der Waals surface area contributed by atoms with Gasteiger partial charge in [0.15, 0.2) is 0 Å². The van der Waals surface area contributed by atoms with E-state index in [2.05, 4.69) is 17.1 Å². The zero-order chi connectivity index (χ0) is 16.5. The van der Waals surface area contributed by atoms with Gasteiger partial charge >= 0.3 is 6.18 Å². The largest absolute Gasteiger partial charge is 0.416 e. The first-order valence-electron chi connectivity index (χ1n) is 8.08. The van der Waals surface area contributed by atoms with Gasteiger partial charge in [0.25, 0.3) is 0 Å². The standard InChI is InChI=1S/C17H23F3N2O/c1-16(5-6-21-11-16)12-22-7-8-23-15(10-22)13-3-2-4-14(9-13)17(18,19)20/h2-4,9,15,21H,5-8,10-12H2,1H3. The Morgan fingerprint density at radius 1 is 1.39 bits per heavy atom. The Balaban J connectivity index is 1.69. The molecule has 0 aromatic heterocycles. The summed E-state index contributed by atoms with van der Waals surface area (Å²) in [7, 11) is 0. The fourth-order valence-electron chi connectivity index (χ4n) is 3.51. The van der Waals surface area contributed by atoms with Crippen molar-refractivity contribution >= 4 is 0 Å². The molecule has 128 valence electrons. The summed E-state index contributed by atoms with van der Waals surface area (Å²) < 4.78 is 44.4. The lowest BCUT2D eigenvalue weighted by Crippen LogP contribution is -2.44. The first-order valence-corrected chi connectivity index (χ1v) is 8.08. The van der Waals surface area contributed by atoms with Gasteiger partial charge in [-0.2, -0.15) is 13.2 Å². The number of hydrogen-bond donors (Lipinski definition) is 1. The van der Waals surface area contributed by atoms with Crippen LogP contribution in [0, 0.1) is 5.41 Å².